The summed E-state index contributed by atoms with van der Waals surface area (Å²) in [6.45, 7) is 3.89. The fourth-order valence-corrected chi connectivity index (χ4v) is 3.46. The van der Waals surface area contributed by atoms with Gasteiger partial charge in [0.05, 0.1) is 16.2 Å². The molecule has 0 aliphatic carbocycles. The Morgan fingerprint density at radius 2 is 1.32 bits per heavy atom. The molecule has 0 aromatic heterocycles. The average molecular weight is 344 g/mol. The van der Waals surface area contributed by atoms with E-state index in [2.05, 4.69) is 6.92 Å². The molecule has 0 rings (SSSR count). The first-order valence-corrected chi connectivity index (χ1v) is 10.0. The van der Waals surface area contributed by atoms with Gasteiger partial charge in [0, 0.05) is 5.25 Å². The molecule has 0 aromatic rings. The third-order valence-electron chi connectivity index (χ3n) is 4.07. The van der Waals surface area contributed by atoms with Gasteiger partial charge in [-0.25, -0.2) is 8.42 Å². The van der Waals surface area contributed by atoms with Crippen LogP contribution in [0.2, 0.25) is 0 Å². The van der Waals surface area contributed by atoms with Crippen molar-refractivity contribution < 1.29 is 47.6 Å². The fraction of sp³-hybridized carbons (Fsp3) is 1.00. The second-order valence-corrected chi connectivity index (χ2v) is 7.67. The number of aliphatic hydroxyl groups excluding tert-OH is 1. The van der Waals surface area contributed by atoms with Crippen molar-refractivity contribution in [2.75, 3.05) is 0 Å². The molecule has 1 N–H and O–H groups in total. The summed E-state index contributed by atoms with van der Waals surface area (Å²) in [6.07, 6.45) is 11.0. The van der Waals surface area contributed by atoms with Gasteiger partial charge in [0.2, 0.25) is 0 Å². The minimum atomic E-state index is -4.11. The van der Waals surface area contributed by atoms with Crippen molar-refractivity contribution in [3.63, 3.8) is 0 Å². The smallest absolute Gasteiger partial charge is 0.748 e. The first-order chi connectivity index (χ1) is 9.91. The quantitative estimate of drug-likeness (QED) is 0.290. The normalized spacial score (nSPS) is 14.4. The zero-order chi connectivity index (χ0) is 16.1. The maximum atomic E-state index is 10.9. The van der Waals surface area contributed by atoms with Crippen LogP contribution in [-0.2, 0) is 10.1 Å². The third kappa shape index (κ3) is 14.5. The molecular formula is C16H33NaO4S. The first-order valence-electron chi connectivity index (χ1n) is 8.54. The van der Waals surface area contributed by atoms with Gasteiger partial charge in [0.25, 0.3) is 0 Å². The predicted octanol–water partition coefficient (Wildman–Crippen LogP) is 0.986. The molecule has 0 bridgehead atoms. The van der Waals surface area contributed by atoms with Gasteiger partial charge < -0.3 is 9.66 Å². The van der Waals surface area contributed by atoms with E-state index in [-0.39, 0.29) is 35.7 Å². The standard InChI is InChI=1S/C16H34O4S.Na/c1-3-5-12-15(17)13-10-8-6-7-9-11-14-16(4-2)21(18,19)20;/h15-17H,3-14H2,1-2H3,(H,18,19,20);/q;+1/p-1. The van der Waals surface area contributed by atoms with E-state index in [0.717, 1.165) is 64.2 Å². The Kier molecular flexibility index (Phi) is 17.6. The molecule has 0 fully saturated rings. The maximum Gasteiger partial charge on any atom is 1.00 e. The average Bonchev–Trinajstić information content (AvgIpc) is 2.42. The Morgan fingerprint density at radius 3 is 1.77 bits per heavy atom. The zero-order valence-corrected chi connectivity index (χ0v) is 17.5. The minimum absolute atomic E-state index is 0. The van der Waals surface area contributed by atoms with Gasteiger partial charge in [0.1, 0.15) is 0 Å². The van der Waals surface area contributed by atoms with Crippen LogP contribution >= 0.6 is 0 Å². The Labute approximate surface area is 159 Å². The van der Waals surface area contributed by atoms with Crippen molar-refractivity contribution >= 4 is 10.1 Å². The summed E-state index contributed by atoms with van der Waals surface area (Å²) in [4.78, 5) is 0. The van der Waals surface area contributed by atoms with Gasteiger partial charge in [-0.2, -0.15) is 0 Å². The molecule has 128 valence electrons. The molecular weight excluding hydrogens is 311 g/mol. The summed E-state index contributed by atoms with van der Waals surface area (Å²) in [5, 5.41) is 9.00. The molecule has 0 spiro atoms. The SMILES string of the molecule is CCCCC(O)CCCCCCCCC(CC)S(=O)(=O)[O-].[Na+]. The topological polar surface area (TPSA) is 77.4 Å². The van der Waals surface area contributed by atoms with Crippen LogP contribution in [0.25, 0.3) is 0 Å². The molecule has 2 atom stereocenters. The molecule has 0 aliphatic rings. The molecule has 2 unspecified atom stereocenters. The summed E-state index contributed by atoms with van der Waals surface area (Å²) in [6, 6.07) is 0. The van der Waals surface area contributed by atoms with E-state index in [4.69, 9.17) is 0 Å². The summed E-state index contributed by atoms with van der Waals surface area (Å²) in [5.74, 6) is 0. The van der Waals surface area contributed by atoms with E-state index in [1.165, 1.54) is 0 Å². The van der Waals surface area contributed by atoms with E-state index in [1.807, 2.05) is 0 Å². The van der Waals surface area contributed by atoms with Crippen LogP contribution in [0.5, 0.6) is 0 Å². The van der Waals surface area contributed by atoms with Crippen molar-refractivity contribution in [1.82, 2.24) is 0 Å². The Morgan fingerprint density at radius 1 is 0.864 bits per heavy atom. The molecule has 0 radical (unpaired) electrons. The van der Waals surface area contributed by atoms with Crippen LogP contribution in [0.3, 0.4) is 0 Å². The molecule has 0 aromatic carbocycles. The molecule has 0 amide bonds. The molecule has 0 heterocycles. The Hall–Kier alpha value is 0.870. The molecule has 6 heteroatoms. The van der Waals surface area contributed by atoms with Gasteiger partial charge >= 0.3 is 29.6 Å². The largest absolute Gasteiger partial charge is 1.00 e. The molecule has 4 nitrogen and oxygen atoms in total. The van der Waals surface area contributed by atoms with Crippen molar-refractivity contribution in [1.29, 1.82) is 0 Å². The van der Waals surface area contributed by atoms with Gasteiger partial charge in [0.15, 0.2) is 0 Å². The Bertz CT molecular complexity index is 333. The van der Waals surface area contributed by atoms with E-state index in [9.17, 15) is 18.1 Å². The van der Waals surface area contributed by atoms with E-state index < -0.39 is 15.4 Å². The minimum Gasteiger partial charge on any atom is -0.748 e. The van der Waals surface area contributed by atoms with Crippen LogP contribution in [0, 0.1) is 0 Å². The number of hydrogen-bond acceptors (Lipinski definition) is 4. The van der Waals surface area contributed by atoms with Crippen LogP contribution in [0.1, 0.15) is 90.9 Å². The van der Waals surface area contributed by atoms with Gasteiger partial charge in [-0.1, -0.05) is 65.2 Å². The monoisotopic (exact) mass is 344 g/mol. The third-order valence-corrected chi connectivity index (χ3v) is 5.45. The fourth-order valence-electron chi connectivity index (χ4n) is 2.60. The van der Waals surface area contributed by atoms with Crippen molar-refractivity contribution in [2.24, 2.45) is 0 Å². The predicted molar refractivity (Wildman–Crippen MR) is 86.2 cm³/mol. The summed E-state index contributed by atoms with van der Waals surface area (Å²) >= 11 is 0. The van der Waals surface area contributed by atoms with Gasteiger partial charge in [-0.15, -0.1) is 0 Å². The first kappa shape index (κ1) is 25.1. The molecule has 22 heavy (non-hydrogen) atoms. The van der Waals surface area contributed by atoms with Crippen LogP contribution in [0.15, 0.2) is 0 Å². The van der Waals surface area contributed by atoms with Crippen molar-refractivity contribution in [3.05, 3.63) is 0 Å². The van der Waals surface area contributed by atoms with Crippen LogP contribution in [-0.4, -0.2) is 29.4 Å². The van der Waals surface area contributed by atoms with Crippen LogP contribution in [0.4, 0.5) is 0 Å². The van der Waals surface area contributed by atoms with E-state index in [0.29, 0.717) is 12.8 Å². The summed E-state index contributed by atoms with van der Waals surface area (Å²) < 4.78 is 32.8. The number of rotatable bonds is 14. The maximum absolute atomic E-state index is 10.9. The van der Waals surface area contributed by atoms with Crippen molar-refractivity contribution in [2.45, 2.75) is 102 Å². The van der Waals surface area contributed by atoms with Gasteiger partial charge in [-0.3, -0.25) is 0 Å². The van der Waals surface area contributed by atoms with Gasteiger partial charge in [-0.05, 0) is 25.7 Å². The number of hydrogen-bond donors (Lipinski definition) is 1. The Balaban J connectivity index is 0. The number of unbranched alkanes of at least 4 members (excludes halogenated alkanes) is 6. The van der Waals surface area contributed by atoms with E-state index >= 15 is 0 Å². The second-order valence-electron chi connectivity index (χ2n) is 6.02. The second kappa shape index (κ2) is 15.4. The number of aliphatic hydroxyl groups is 1. The van der Waals surface area contributed by atoms with Crippen LogP contribution < -0.4 is 29.6 Å². The van der Waals surface area contributed by atoms with E-state index in [1.54, 1.807) is 6.92 Å². The van der Waals surface area contributed by atoms with Crippen molar-refractivity contribution in [3.8, 4) is 0 Å². The molecule has 0 saturated heterocycles. The molecule has 0 aliphatic heterocycles. The summed E-state index contributed by atoms with van der Waals surface area (Å²) in [7, 11) is -4.11. The summed E-state index contributed by atoms with van der Waals surface area (Å²) in [5.41, 5.74) is 0. The zero-order valence-electron chi connectivity index (χ0n) is 14.7. The molecule has 0 saturated carbocycles.